The summed E-state index contributed by atoms with van der Waals surface area (Å²) < 4.78 is 39.4. The van der Waals surface area contributed by atoms with E-state index in [0.717, 1.165) is 43.0 Å². The molecule has 0 radical (unpaired) electrons. The smallest absolute Gasteiger partial charge is 0.353 e. The number of thiocarbonyl (C=S) groups is 1. The molecule has 7 heteroatoms. The lowest BCUT2D eigenvalue weighted by Crippen LogP contribution is -2.45. The van der Waals surface area contributed by atoms with E-state index in [1.807, 2.05) is 24.3 Å². The highest BCUT2D eigenvalue weighted by Crippen LogP contribution is 2.40. The van der Waals surface area contributed by atoms with E-state index < -0.39 is 17.3 Å². The number of nitriles is 1. The predicted molar refractivity (Wildman–Crippen MR) is 107 cm³/mol. The number of alkyl halides is 3. The van der Waals surface area contributed by atoms with Crippen LogP contribution in [0.4, 0.5) is 18.9 Å². The lowest BCUT2D eigenvalue weighted by atomic mass is 9.87. The predicted octanol–water partition coefficient (Wildman–Crippen LogP) is 5.53. The van der Waals surface area contributed by atoms with Gasteiger partial charge in [-0.2, -0.15) is 18.4 Å². The van der Waals surface area contributed by atoms with Crippen molar-refractivity contribution in [1.29, 1.82) is 5.26 Å². The Labute approximate surface area is 167 Å². The van der Waals surface area contributed by atoms with E-state index in [1.165, 1.54) is 12.1 Å². The topological polar surface area (TPSA) is 47.9 Å². The third kappa shape index (κ3) is 4.63. The Balaban J connectivity index is 1.77. The molecule has 0 aliphatic heterocycles. The molecular formula is C21H20F3N3S. The van der Waals surface area contributed by atoms with E-state index in [1.54, 1.807) is 6.07 Å². The van der Waals surface area contributed by atoms with E-state index in [0.29, 0.717) is 17.1 Å². The maximum absolute atomic E-state index is 13.1. The second-order valence-electron chi connectivity index (χ2n) is 6.98. The van der Waals surface area contributed by atoms with Gasteiger partial charge in [-0.05, 0) is 60.5 Å². The van der Waals surface area contributed by atoms with Crippen molar-refractivity contribution in [2.24, 2.45) is 0 Å². The quantitative estimate of drug-likeness (QED) is 0.659. The lowest BCUT2D eigenvalue weighted by Gasteiger charge is -2.33. The van der Waals surface area contributed by atoms with E-state index in [2.05, 4.69) is 16.7 Å². The number of hydrogen-bond donors (Lipinski definition) is 2. The first-order chi connectivity index (χ1) is 13.3. The van der Waals surface area contributed by atoms with E-state index in [9.17, 15) is 13.2 Å². The SMILES string of the molecule is N#CCc1ccc(NC(=S)NC2(c3cccc(C(F)(F)F)c3)CCCC2)cc1. The largest absolute Gasteiger partial charge is 0.416 e. The molecule has 0 saturated heterocycles. The van der Waals surface area contributed by atoms with Gasteiger partial charge in [-0.1, -0.05) is 37.1 Å². The van der Waals surface area contributed by atoms with Gasteiger partial charge in [0.2, 0.25) is 0 Å². The molecule has 0 amide bonds. The van der Waals surface area contributed by atoms with Crippen molar-refractivity contribution >= 4 is 23.0 Å². The average Bonchev–Trinajstić information content (AvgIpc) is 3.12. The standard InChI is InChI=1S/C21H20F3N3S/c22-21(23,24)17-5-3-4-16(14-17)20(11-1-2-12-20)27-19(28)26-18-8-6-15(7-9-18)10-13-25/h3-9,14H,1-2,10-12H2,(H2,26,27,28). The molecule has 0 spiro atoms. The maximum atomic E-state index is 13.1. The number of rotatable bonds is 4. The van der Waals surface area contributed by atoms with Gasteiger partial charge in [0.25, 0.3) is 0 Å². The molecule has 2 aromatic carbocycles. The summed E-state index contributed by atoms with van der Waals surface area (Å²) in [6.07, 6.45) is -0.751. The van der Waals surface area contributed by atoms with Crippen LogP contribution in [-0.4, -0.2) is 5.11 Å². The number of halogens is 3. The first-order valence-corrected chi connectivity index (χ1v) is 9.46. The Morgan fingerprint density at radius 2 is 1.79 bits per heavy atom. The van der Waals surface area contributed by atoms with Crippen LogP contribution in [0.2, 0.25) is 0 Å². The monoisotopic (exact) mass is 403 g/mol. The van der Waals surface area contributed by atoms with Crippen LogP contribution < -0.4 is 10.6 Å². The average molecular weight is 403 g/mol. The molecule has 0 heterocycles. The summed E-state index contributed by atoms with van der Waals surface area (Å²) >= 11 is 5.44. The highest BCUT2D eigenvalue weighted by Gasteiger charge is 2.38. The van der Waals surface area contributed by atoms with Crippen LogP contribution in [0.1, 0.15) is 42.4 Å². The Hall–Kier alpha value is -2.59. The van der Waals surface area contributed by atoms with Crippen molar-refractivity contribution in [2.75, 3.05) is 5.32 Å². The van der Waals surface area contributed by atoms with Gasteiger partial charge < -0.3 is 10.6 Å². The zero-order valence-electron chi connectivity index (χ0n) is 15.1. The molecular weight excluding hydrogens is 383 g/mol. The fourth-order valence-corrected chi connectivity index (χ4v) is 3.95. The van der Waals surface area contributed by atoms with Gasteiger partial charge >= 0.3 is 6.18 Å². The second-order valence-corrected chi connectivity index (χ2v) is 7.39. The van der Waals surface area contributed by atoms with E-state index >= 15 is 0 Å². The summed E-state index contributed by atoms with van der Waals surface area (Å²) in [5.41, 5.74) is 1.02. The van der Waals surface area contributed by atoms with E-state index in [-0.39, 0.29) is 0 Å². The van der Waals surface area contributed by atoms with Crippen LogP contribution in [0.25, 0.3) is 0 Å². The molecule has 0 bridgehead atoms. The van der Waals surface area contributed by atoms with Gasteiger partial charge in [0.05, 0.1) is 23.6 Å². The Kier molecular flexibility index (Phi) is 5.90. The molecule has 0 aromatic heterocycles. The van der Waals surface area contributed by atoms with E-state index in [4.69, 9.17) is 17.5 Å². The molecule has 2 N–H and O–H groups in total. The van der Waals surface area contributed by atoms with Crippen molar-refractivity contribution in [3.05, 3.63) is 65.2 Å². The Morgan fingerprint density at radius 1 is 1.11 bits per heavy atom. The van der Waals surface area contributed by atoms with Crippen molar-refractivity contribution in [2.45, 2.75) is 43.8 Å². The van der Waals surface area contributed by atoms with Crippen molar-refractivity contribution in [1.82, 2.24) is 5.32 Å². The first-order valence-electron chi connectivity index (χ1n) is 9.05. The summed E-state index contributed by atoms with van der Waals surface area (Å²) in [6, 6.07) is 14.9. The minimum atomic E-state index is -4.38. The highest BCUT2D eigenvalue weighted by molar-refractivity contribution is 7.80. The molecule has 1 aliphatic carbocycles. The first kappa shape index (κ1) is 20.2. The minimum absolute atomic E-state index is 0.335. The van der Waals surface area contributed by atoms with Crippen molar-refractivity contribution < 1.29 is 13.2 Å². The molecule has 1 aliphatic rings. The molecule has 3 rings (SSSR count). The zero-order chi connectivity index (χ0) is 20.2. The summed E-state index contributed by atoms with van der Waals surface area (Å²) in [6.45, 7) is 0. The van der Waals surface area contributed by atoms with Crippen LogP contribution in [0.5, 0.6) is 0 Å². The van der Waals surface area contributed by atoms with Gasteiger partial charge in [0, 0.05) is 5.69 Å². The molecule has 0 unspecified atom stereocenters. The highest BCUT2D eigenvalue weighted by atomic mass is 32.1. The maximum Gasteiger partial charge on any atom is 0.416 e. The molecule has 146 valence electrons. The molecule has 1 saturated carbocycles. The van der Waals surface area contributed by atoms with Gasteiger partial charge in [-0.25, -0.2) is 0 Å². The molecule has 0 atom stereocenters. The molecule has 3 nitrogen and oxygen atoms in total. The summed E-state index contributed by atoms with van der Waals surface area (Å²) in [5.74, 6) is 0. The van der Waals surface area contributed by atoms with Gasteiger partial charge in [-0.3, -0.25) is 0 Å². The van der Waals surface area contributed by atoms with Gasteiger partial charge in [0.1, 0.15) is 0 Å². The summed E-state index contributed by atoms with van der Waals surface area (Å²) in [4.78, 5) is 0. The normalized spacial score (nSPS) is 15.6. The van der Waals surface area contributed by atoms with Crippen LogP contribution in [-0.2, 0) is 18.1 Å². The lowest BCUT2D eigenvalue weighted by molar-refractivity contribution is -0.137. The van der Waals surface area contributed by atoms with Crippen LogP contribution in [0.3, 0.4) is 0 Å². The zero-order valence-corrected chi connectivity index (χ0v) is 16.0. The van der Waals surface area contributed by atoms with Gasteiger partial charge in [-0.15, -0.1) is 0 Å². The summed E-state index contributed by atoms with van der Waals surface area (Å²) in [5, 5.41) is 15.5. The van der Waals surface area contributed by atoms with Crippen LogP contribution >= 0.6 is 12.2 Å². The van der Waals surface area contributed by atoms with Gasteiger partial charge in [0.15, 0.2) is 5.11 Å². The summed E-state index contributed by atoms with van der Waals surface area (Å²) in [7, 11) is 0. The van der Waals surface area contributed by atoms with Crippen LogP contribution in [0, 0.1) is 11.3 Å². The van der Waals surface area contributed by atoms with Crippen molar-refractivity contribution in [3.63, 3.8) is 0 Å². The minimum Gasteiger partial charge on any atom is -0.353 e. The fourth-order valence-electron chi connectivity index (χ4n) is 3.63. The fraction of sp³-hybridized carbons (Fsp3) is 0.333. The molecule has 28 heavy (non-hydrogen) atoms. The number of anilines is 1. The second kappa shape index (κ2) is 8.19. The number of nitrogens with zero attached hydrogens (tertiary/aromatic N) is 1. The van der Waals surface area contributed by atoms with Crippen molar-refractivity contribution in [3.8, 4) is 6.07 Å². The number of hydrogen-bond acceptors (Lipinski definition) is 2. The number of benzene rings is 2. The molecule has 2 aromatic rings. The Morgan fingerprint density at radius 3 is 2.39 bits per heavy atom. The van der Waals surface area contributed by atoms with Crippen LogP contribution in [0.15, 0.2) is 48.5 Å². The third-order valence-corrected chi connectivity index (χ3v) is 5.25. The Bertz CT molecular complexity index is 879. The third-order valence-electron chi connectivity index (χ3n) is 5.05. The number of nitrogens with one attached hydrogen (secondary N) is 2. The molecule has 1 fully saturated rings.